The molecule has 0 aliphatic rings. The van der Waals surface area contributed by atoms with E-state index in [0.717, 1.165) is 19.8 Å². The number of sulfonamides is 1. The van der Waals surface area contributed by atoms with Gasteiger partial charge in [0.2, 0.25) is 6.41 Å². The van der Waals surface area contributed by atoms with E-state index < -0.39 is 19.9 Å². The van der Waals surface area contributed by atoms with Gasteiger partial charge in [0.25, 0.3) is 10.0 Å². The van der Waals surface area contributed by atoms with Crippen LogP contribution in [0.25, 0.3) is 0 Å². The summed E-state index contributed by atoms with van der Waals surface area (Å²) >= 11 is 0. The average Bonchev–Trinajstić information content (AvgIpc) is 2.52. The van der Waals surface area contributed by atoms with Crippen LogP contribution in [0.2, 0.25) is 0 Å². The number of benzene rings is 1. The van der Waals surface area contributed by atoms with Gasteiger partial charge in [-0.1, -0.05) is 17.0 Å². The molecule has 1 aromatic rings. The summed E-state index contributed by atoms with van der Waals surface area (Å²) in [5, 5.41) is 0. The third-order valence-corrected chi connectivity index (χ3v) is 5.16. The molecule has 0 radical (unpaired) electrons. The molecule has 138 valence electrons. The van der Waals surface area contributed by atoms with Gasteiger partial charge in [-0.25, -0.2) is 16.8 Å². The Balaban J connectivity index is 0.000000561. The summed E-state index contributed by atoms with van der Waals surface area (Å²) in [7, 11) is -3.14. The van der Waals surface area contributed by atoms with Crippen LogP contribution in [0.15, 0.2) is 34.1 Å². The molecule has 0 saturated heterocycles. The van der Waals surface area contributed by atoms with Gasteiger partial charge in [0.1, 0.15) is 4.90 Å². The normalized spacial score (nSPS) is 11.3. The lowest BCUT2D eigenvalue weighted by Crippen LogP contribution is -2.24. The van der Waals surface area contributed by atoms with E-state index >= 15 is 0 Å². The first kappa shape index (κ1) is 22.5. The fourth-order valence-electron chi connectivity index (χ4n) is 1.42. The lowest BCUT2D eigenvalue weighted by atomic mass is 10.4. The van der Waals surface area contributed by atoms with E-state index in [-0.39, 0.29) is 9.79 Å². The number of likely N-dealkylation sites (N-methyl/N-ethyl adjacent to an activating group) is 1. The van der Waals surface area contributed by atoms with Crippen LogP contribution in [0.5, 0.6) is 0 Å². The molecule has 1 rings (SSSR count). The number of nitrogens with one attached hydrogen (secondary N) is 1. The topological polar surface area (TPSA) is 119 Å². The molecule has 0 unspecified atom stereocenters. The first-order chi connectivity index (χ1) is 11.1. The minimum absolute atomic E-state index is 0.264. The van der Waals surface area contributed by atoms with Crippen LogP contribution in [0.1, 0.15) is 0 Å². The number of rotatable bonds is 8. The zero-order valence-corrected chi connectivity index (χ0v) is 15.6. The van der Waals surface area contributed by atoms with Crippen LogP contribution in [0.4, 0.5) is 0 Å². The molecule has 0 saturated carbocycles. The number of ether oxygens (including phenoxy) is 1. The second-order valence-corrected chi connectivity index (χ2v) is 8.19. The highest BCUT2D eigenvalue weighted by Crippen LogP contribution is 2.19. The van der Waals surface area contributed by atoms with E-state index in [0.29, 0.717) is 13.2 Å². The van der Waals surface area contributed by atoms with Gasteiger partial charge in [0.15, 0.2) is 9.84 Å². The first-order valence-electron chi connectivity index (χ1n) is 6.58. The molecule has 0 heterocycles. The zero-order valence-electron chi connectivity index (χ0n) is 13.9. The van der Waals surface area contributed by atoms with Crippen molar-refractivity contribution in [2.45, 2.75) is 9.79 Å². The molecule has 0 bridgehead atoms. The SMILES string of the molecule is COCCN(C)C=O.CONS(=O)(=O)c1ccccc1S(C)(=O)=O. The first-order valence-corrected chi connectivity index (χ1v) is 9.96. The van der Waals surface area contributed by atoms with E-state index in [2.05, 4.69) is 4.84 Å². The Morgan fingerprint density at radius 1 is 1.12 bits per heavy atom. The number of sulfone groups is 1. The van der Waals surface area contributed by atoms with Crippen molar-refractivity contribution in [1.82, 2.24) is 9.79 Å². The zero-order chi connectivity index (χ0) is 18.8. The summed E-state index contributed by atoms with van der Waals surface area (Å²) in [6.45, 7) is 1.27. The van der Waals surface area contributed by atoms with Gasteiger partial charge in [-0.05, 0) is 12.1 Å². The fraction of sp³-hybridized carbons (Fsp3) is 0.462. The number of carbonyl (C=O) groups is 1. The molecule has 24 heavy (non-hydrogen) atoms. The van der Waals surface area contributed by atoms with Crippen LogP contribution in [-0.2, 0) is 34.2 Å². The lowest BCUT2D eigenvalue weighted by molar-refractivity contribution is -0.117. The smallest absolute Gasteiger partial charge is 0.263 e. The fourth-order valence-corrected chi connectivity index (χ4v) is 3.86. The highest BCUT2D eigenvalue weighted by molar-refractivity contribution is 7.93. The quantitative estimate of drug-likeness (QED) is 0.482. The molecule has 1 aromatic carbocycles. The number of hydrogen-bond acceptors (Lipinski definition) is 7. The molecule has 9 nitrogen and oxygen atoms in total. The van der Waals surface area contributed by atoms with E-state index in [9.17, 15) is 21.6 Å². The van der Waals surface area contributed by atoms with Crippen molar-refractivity contribution in [3.8, 4) is 0 Å². The van der Waals surface area contributed by atoms with Crippen LogP contribution in [0.3, 0.4) is 0 Å². The van der Waals surface area contributed by atoms with Gasteiger partial charge in [-0.3, -0.25) is 9.63 Å². The Morgan fingerprint density at radius 2 is 1.67 bits per heavy atom. The lowest BCUT2D eigenvalue weighted by Gasteiger charge is -2.08. The molecular weight excluding hydrogens is 360 g/mol. The molecule has 11 heteroatoms. The highest BCUT2D eigenvalue weighted by Gasteiger charge is 2.23. The van der Waals surface area contributed by atoms with Crippen molar-refractivity contribution in [2.75, 3.05) is 40.7 Å². The average molecular weight is 382 g/mol. The van der Waals surface area contributed by atoms with Crippen LogP contribution in [0, 0.1) is 0 Å². The van der Waals surface area contributed by atoms with Gasteiger partial charge in [0.05, 0.1) is 18.6 Å². The van der Waals surface area contributed by atoms with Crippen molar-refractivity contribution < 1.29 is 31.2 Å². The van der Waals surface area contributed by atoms with Crippen molar-refractivity contribution in [1.29, 1.82) is 0 Å². The highest BCUT2D eigenvalue weighted by atomic mass is 32.2. The molecule has 0 aliphatic heterocycles. The summed E-state index contributed by atoms with van der Waals surface area (Å²) in [6, 6.07) is 5.29. The van der Waals surface area contributed by atoms with Gasteiger partial charge < -0.3 is 9.64 Å². The summed E-state index contributed by atoms with van der Waals surface area (Å²) in [5.41, 5.74) is 0. The van der Waals surface area contributed by atoms with Crippen LogP contribution >= 0.6 is 0 Å². The standard InChI is InChI=1S/C8H11NO5S2.C5H11NO2/c1-14-9-16(12,13)8-6-4-3-5-7(8)15(2,10)11;1-6(5-7)3-4-8-2/h3-6,9H,1-2H3;5H,3-4H2,1-2H3. The third kappa shape index (κ3) is 7.84. The third-order valence-electron chi connectivity index (χ3n) is 2.56. The molecule has 1 N–H and O–H groups in total. The predicted molar refractivity (Wildman–Crippen MR) is 87.5 cm³/mol. The number of nitrogens with zero attached hydrogens (tertiary/aromatic N) is 1. The Hall–Kier alpha value is -1.53. The van der Waals surface area contributed by atoms with E-state index in [4.69, 9.17) is 4.74 Å². The van der Waals surface area contributed by atoms with Crippen molar-refractivity contribution in [2.24, 2.45) is 0 Å². The van der Waals surface area contributed by atoms with E-state index in [1.54, 1.807) is 19.0 Å². The molecule has 0 atom stereocenters. The summed E-state index contributed by atoms with van der Waals surface area (Å²) < 4.78 is 50.7. The predicted octanol–water partition coefficient (Wildman–Crippen LogP) is -0.349. The Kier molecular flexibility index (Phi) is 9.70. The summed E-state index contributed by atoms with van der Waals surface area (Å²) in [5.74, 6) is 0. The Labute approximate surface area is 142 Å². The molecule has 0 aromatic heterocycles. The van der Waals surface area contributed by atoms with E-state index in [1.807, 2.05) is 0 Å². The maximum Gasteiger partial charge on any atom is 0.263 e. The van der Waals surface area contributed by atoms with E-state index in [1.165, 1.54) is 29.2 Å². The van der Waals surface area contributed by atoms with Gasteiger partial charge >= 0.3 is 0 Å². The minimum atomic E-state index is -3.98. The molecule has 0 fully saturated rings. The van der Waals surface area contributed by atoms with Crippen LogP contribution in [-0.4, -0.2) is 68.8 Å². The Bertz CT molecular complexity index is 718. The Morgan fingerprint density at radius 3 is 2.08 bits per heavy atom. The van der Waals surface area contributed by atoms with Crippen molar-refractivity contribution in [3.63, 3.8) is 0 Å². The van der Waals surface area contributed by atoms with Gasteiger partial charge in [-0.2, -0.15) is 0 Å². The van der Waals surface area contributed by atoms with Gasteiger partial charge in [-0.15, -0.1) is 0 Å². The summed E-state index contributed by atoms with van der Waals surface area (Å²) in [4.78, 5) is 16.9. The molecule has 1 amide bonds. The maximum atomic E-state index is 11.6. The van der Waals surface area contributed by atoms with Crippen molar-refractivity contribution in [3.05, 3.63) is 24.3 Å². The number of hydrogen-bond donors (Lipinski definition) is 1. The molecular formula is C13H22N2O7S2. The van der Waals surface area contributed by atoms with Crippen molar-refractivity contribution >= 4 is 26.3 Å². The molecule has 0 spiro atoms. The maximum absolute atomic E-state index is 11.6. The monoisotopic (exact) mass is 382 g/mol. The summed E-state index contributed by atoms with van der Waals surface area (Å²) in [6.07, 6.45) is 1.72. The number of amides is 1. The van der Waals surface area contributed by atoms with Gasteiger partial charge in [0, 0.05) is 27.0 Å². The minimum Gasteiger partial charge on any atom is -0.383 e. The van der Waals surface area contributed by atoms with Crippen LogP contribution < -0.4 is 4.89 Å². The molecule has 0 aliphatic carbocycles. The second kappa shape index (κ2) is 10.4. The number of carbonyl (C=O) groups excluding carboxylic acids is 1. The largest absolute Gasteiger partial charge is 0.383 e. The number of methoxy groups -OCH3 is 1. The second-order valence-electron chi connectivity index (χ2n) is 4.59.